The molecule has 0 aliphatic rings. The van der Waals surface area contributed by atoms with Crippen LogP contribution in [0.5, 0.6) is 0 Å². The molecule has 4 heteroatoms. The van der Waals surface area contributed by atoms with E-state index in [2.05, 4.69) is 23.0 Å². The molecule has 1 N–H and O–H groups in total. The quantitative estimate of drug-likeness (QED) is 0.537. The molecule has 0 unspecified atom stereocenters. The average molecular weight is 283 g/mol. The number of fused-ring (bicyclic) bond motifs is 2. The average Bonchev–Trinajstić information content (AvgIpc) is 3.00. The smallest absolute Gasteiger partial charge is 0.174 e. The van der Waals surface area contributed by atoms with Crippen LogP contribution >= 0.6 is 11.6 Å². The lowest BCUT2D eigenvalue weighted by Crippen LogP contribution is -1.74. The fourth-order valence-corrected chi connectivity index (χ4v) is 2.55. The Bertz CT molecular complexity index is 858. The van der Waals surface area contributed by atoms with Crippen LogP contribution < -0.4 is 0 Å². The predicted molar refractivity (Wildman–Crippen MR) is 81.0 cm³/mol. The molecule has 0 spiro atoms. The lowest BCUT2D eigenvalue weighted by Gasteiger charge is -1.89. The summed E-state index contributed by atoms with van der Waals surface area (Å²) >= 11 is 5.98. The lowest BCUT2D eigenvalue weighted by atomic mass is 10.2. The fourth-order valence-electron chi connectivity index (χ4n) is 2.38. The maximum atomic E-state index is 5.98. The van der Waals surface area contributed by atoms with Crippen LogP contribution in [0.4, 0.5) is 0 Å². The molecule has 0 radical (unpaired) electrons. The predicted octanol–water partition coefficient (Wildman–Crippen LogP) is 4.94. The Balaban J connectivity index is 1.91. The first-order valence-corrected chi connectivity index (χ1v) is 6.73. The van der Waals surface area contributed by atoms with Crippen molar-refractivity contribution >= 4 is 33.6 Å². The van der Waals surface area contributed by atoms with E-state index in [9.17, 15) is 0 Å². The van der Waals surface area contributed by atoms with E-state index in [-0.39, 0.29) is 0 Å². The zero-order valence-electron chi connectivity index (χ0n) is 10.8. The standard InChI is InChI=1S/C16H11ClN2O/c1-9-2-5-14-10(6-9)7-15(20-14)16-18-12-4-3-11(17)8-13(12)19-16/h2-8H,1H3,(H,18,19). The van der Waals surface area contributed by atoms with E-state index >= 15 is 0 Å². The zero-order valence-corrected chi connectivity index (χ0v) is 11.5. The van der Waals surface area contributed by atoms with Crippen molar-refractivity contribution in [1.82, 2.24) is 9.97 Å². The van der Waals surface area contributed by atoms with Gasteiger partial charge in [-0.1, -0.05) is 23.2 Å². The highest BCUT2D eigenvalue weighted by Gasteiger charge is 2.11. The van der Waals surface area contributed by atoms with Gasteiger partial charge in [-0.2, -0.15) is 0 Å². The number of imidazole rings is 1. The summed E-state index contributed by atoms with van der Waals surface area (Å²) in [5, 5.41) is 1.77. The van der Waals surface area contributed by atoms with Crippen molar-refractivity contribution in [3.63, 3.8) is 0 Å². The van der Waals surface area contributed by atoms with Crippen LogP contribution in [-0.2, 0) is 0 Å². The Morgan fingerprint density at radius 3 is 2.90 bits per heavy atom. The fraction of sp³-hybridized carbons (Fsp3) is 0.0625. The number of hydrogen-bond acceptors (Lipinski definition) is 2. The van der Waals surface area contributed by atoms with Gasteiger partial charge in [0.2, 0.25) is 0 Å². The highest BCUT2D eigenvalue weighted by atomic mass is 35.5. The molecule has 0 saturated heterocycles. The molecule has 0 aliphatic heterocycles. The number of rotatable bonds is 1. The van der Waals surface area contributed by atoms with Gasteiger partial charge in [-0.05, 0) is 43.3 Å². The molecule has 2 aromatic carbocycles. The first-order valence-electron chi connectivity index (χ1n) is 6.35. The summed E-state index contributed by atoms with van der Waals surface area (Å²) in [6, 6.07) is 13.7. The van der Waals surface area contributed by atoms with Crippen molar-refractivity contribution in [3.8, 4) is 11.6 Å². The van der Waals surface area contributed by atoms with E-state index in [0.29, 0.717) is 5.02 Å². The number of H-pyrrole nitrogens is 1. The van der Waals surface area contributed by atoms with Gasteiger partial charge in [0.1, 0.15) is 5.58 Å². The van der Waals surface area contributed by atoms with Crippen LogP contribution in [0.1, 0.15) is 5.56 Å². The van der Waals surface area contributed by atoms with Crippen molar-refractivity contribution in [3.05, 3.63) is 53.1 Å². The number of benzene rings is 2. The molecule has 0 atom stereocenters. The van der Waals surface area contributed by atoms with Crippen LogP contribution in [0.2, 0.25) is 5.02 Å². The monoisotopic (exact) mass is 282 g/mol. The summed E-state index contributed by atoms with van der Waals surface area (Å²) < 4.78 is 5.84. The second kappa shape index (κ2) is 4.12. The third kappa shape index (κ3) is 1.79. The van der Waals surface area contributed by atoms with E-state index in [1.54, 1.807) is 0 Å². The highest BCUT2D eigenvalue weighted by Crippen LogP contribution is 2.28. The van der Waals surface area contributed by atoms with E-state index in [1.807, 2.05) is 36.4 Å². The zero-order chi connectivity index (χ0) is 13.7. The van der Waals surface area contributed by atoms with Crippen LogP contribution in [0, 0.1) is 6.92 Å². The molecule has 0 fully saturated rings. The summed E-state index contributed by atoms with van der Waals surface area (Å²) in [7, 11) is 0. The van der Waals surface area contributed by atoms with Gasteiger partial charge in [0.25, 0.3) is 0 Å². The van der Waals surface area contributed by atoms with Crippen LogP contribution in [0.3, 0.4) is 0 Å². The summed E-state index contributed by atoms with van der Waals surface area (Å²) in [6.45, 7) is 2.06. The first kappa shape index (κ1) is 11.6. The van der Waals surface area contributed by atoms with Crippen molar-refractivity contribution in [2.75, 3.05) is 0 Å². The summed E-state index contributed by atoms with van der Waals surface area (Å²) in [5.74, 6) is 1.45. The molecule has 0 bridgehead atoms. The Hall–Kier alpha value is -2.26. The number of halogens is 1. The van der Waals surface area contributed by atoms with E-state index in [0.717, 1.165) is 33.6 Å². The molecule has 0 aliphatic carbocycles. The first-order chi connectivity index (χ1) is 9.69. The number of aromatic amines is 1. The van der Waals surface area contributed by atoms with Gasteiger partial charge in [0.05, 0.1) is 11.0 Å². The van der Waals surface area contributed by atoms with Crippen molar-refractivity contribution in [2.45, 2.75) is 6.92 Å². The minimum absolute atomic E-state index is 0.688. The van der Waals surface area contributed by atoms with E-state index in [4.69, 9.17) is 16.0 Å². The Labute approximate surface area is 120 Å². The number of aryl methyl sites for hydroxylation is 1. The molecule has 3 nitrogen and oxygen atoms in total. The maximum absolute atomic E-state index is 5.98. The van der Waals surface area contributed by atoms with Gasteiger partial charge >= 0.3 is 0 Å². The second-order valence-electron chi connectivity index (χ2n) is 4.90. The SMILES string of the molecule is Cc1ccc2oc(-c3nc4ccc(Cl)cc4[nH]3)cc2c1. The number of hydrogen-bond donors (Lipinski definition) is 1. The van der Waals surface area contributed by atoms with Crippen molar-refractivity contribution < 1.29 is 4.42 Å². The number of aromatic nitrogens is 2. The Morgan fingerprint density at radius 1 is 1.10 bits per heavy atom. The van der Waals surface area contributed by atoms with E-state index < -0.39 is 0 Å². The number of nitrogens with one attached hydrogen (secondary N) is 1. The molecule has 4 aromatic rings. The summed E-state index contributed by atoms with van der Waals surface area (Å²) in [4.78, 5) is 7.77. The lowest BCUT2D eigenvalue weighted by molar-refractivity contribution is 0.626. The highest BCUT2D eigenvalue weighted by molar-refractivity contribution is 6.31. The largest absolute Gasteiger partial charge is 0.453 e. The van der Waals surface area contributed by atoms with Gasteiger partial charge in [-0.25, -0.2) is 4.98 Å². The molecule has 98 valence electrons. The second-order valence-corrected chi connectivity index (χ2v) is 5.34. The molecular weight excluding hydrogens is 272 g/mol. The molecule has 2 aromatic heterocycles. The Morgan fingerprint density at radius 2 is 2.00 bits per heavy atom. The summed E-state index contributed by atoms with van der Waals surface area (Å²) in [6.07, 6.45) is 0. The molecular formula is C16H11ClN2O. The van der Waals surface area contributed by atoms with E-state index in [1.165, 1.54) is 5.56 Å². The van der Waals surface area contributed by atoms with Crippen LogP contribution in [0.15, 0.2) is 46.9 Å². The molecule has 2 heterocycles. The number of furan rings is 1. The van der Waals surface area contributed by atoms with Gasteiger partial charge in [-0.3, -0.25) is 0 Å². The summed E-state index contributed by atoms with van der Waals surface area (Å²) in [5.41, 5.74) is 3.86. The number of nitrogens with zero attached hydrogens (tertiary/aromatic N) is 1. The van der Waals surface area contributed by atoms with Crippen LogP contribution in [-0.4, -0.2) is 9.97 Å². The van der Waals surface area contributed by atoms with Crippen molar-refractivity contribution in [2.24, 2.45) is 0 Å². The third-order valence-corrected chi connectivity index (χ3v) is 3.58. The normalized spacial score (nSPS) is 11.5. The van der Waals surface area contributed by atoms with Gasteiger partial charge in [0, 0.05) is 10.4 Å². The minimum atomic E-state index is 0.688. The molecule has 4 rings (SSSR count). The molecule has 0 saturated carbocycles. The van der Waals surface area contributed by atoms with Gasteiger partial charge < -0.3 is 9.40 Å². The van der Waals surface area contributed by atoms with Gasteiger partial charge in [0.15, 0.2) is 11.6 Å². The minimum Gasteiger partial charge on any atom is -0.453 e. The van der Waals surface area contributed by atoms with Gasteiger partial charge in [-0.15, -0.1) is 0 Å². The van der Waals surface area contributed by atoms with Crippen molar-refractivity contribution in [1.29, 1.82) is 0 Å². The topological polar surface area (TPSA) is 41.8 Å². The Kier molecular flexibility index (Phi) is 2.38. The molecule has 0 amide bonds. The maximum Gasteiger partial charge on any atom is 0.174 e. The third-order valence-electron chi connectivity index (χ3n) is 3.35. The molecule has 20 heavy (non-hydrogen) atoms. The van der Waals surface area contributed by atoms with Crippen LogP contribution in [0.25, 0.3) is 33.6 Å².